The SMILES string of the molecule is CCNC(=O)ON([C]=O)CC. The zero-order chi connectivity index (χ0) is 8.69. The summed E-state index contributed by atoms with van der Waals surface area (Å²) in [7, 11) is 0. The standard InChI is InChI=1S/C6H11N2O3/c1-3-7-6(10)11-8(4-2)5-9/h3-4H2,1-2H3,(H,7,10). The molecule has 0 aliphatic heterocycles. The molecule has 0 fully saturated rings. The van der Waals surface area contributed by atoms with E-state index in [1.807, 2.05) is 0 Å². The normalized spacial score (nSPS) is 8.55. The second kappa shape index (κ2) is 5.52. The van der Waals surface area contributed by atoms with Gasteiger partial charge in [0.1, 0.15) is 0 Å². The first-order valence-electron chi connectivity index (χ1n) is 3.35. The third-order valence-corrected chi connectivity index (χ3v) is 0.903. The first-order chi connectivity index (χ1) is 5.24. The minimum Gasteiger partial charge on any atom is -0.320 e. The molecule has 0 rings (SSSR count). The van der Waals surface area contributed by atoms with Crippen LogP contribution in [0.5, 0.6) is 0 Å². The molecule has 11 heavy (non-hydrogen) atoms. The molecule has 0 heterocycles. The van der Waals surface area contributed by atoms with Gasteiger partial charge in [-0.1, -0.05) is 0 Å². The molecule has 0 unspecified atom stereocenters. The van der Waals surface area contributed by atoms with Crippen molar-refractivity contribution in [3.63, 3.8) is 0 Å². The molecule has 0 aromatic heterocycles. The minimum atomic E-state index is -0.641. The van der Waals surface area contributed by atoms with Crippen LogP contribution in [-0.2, 0) is 9.63 Å². The lowest BCUT2D eigenvalue weighted by atomic mass is 10.7. The zero-order valence-electron chi connectivity index (χ0n) is 6.59. The summed E-state index contributed by atoms with van der Waals surface area (Å²) in [6.45, 7) is 4.18. The Morgan fingerprint density at radius 2 is 2.27 bits per heavy atom. The molecule has 1 N–H and O–H groups in total. The van der Waals surface area contributed by atoms with E-state index in [9.17, 15) is 9.59 Å². The highest BCUT2D eigenvalue weighted by Gasteiger charge is 2.05. The van der Waals surface area contributed by atoms with Crippen molar-refractivity contribution in [1.82, 2.24) is 10.4 Å². The Morgan fingerprint density at radius 3 is 2.64 bits per heavy atom. The van der Waals surface area contributed by atoms with Gasteiger partial charge in [-0.3, -0.25) is 4.79 Å². The second-order valence-electron chi connectivity index (χ2n) is 1.70. The van der Waals surface area contributed by atoms with Gasteiger partial charge in [0.25, 0.3) is 0 Å². The van der Waals surface area contributed by atoms with Crippen LogP contribution in [0.4, 0.5) is 4.79 Å². The maximum Gasteiger partial charge on any atom is 0.431 e. The summed E-state index contributed by atoms with van der Waals surface area (Å²) in [6, 6.07) is 0. The van der Waals surface area contributed by atoms with E-state index in [0.29, 0.717) is 13.1 Å². The minimum absolute atomic E-state index is 0.292. The highest BCUT2D eigenvalue weighted by atomic mass is 16.7. The molecule has 1 radical (unpaired) electrons. The number of amides is 2. The molecule has 0 atom stereocenters. The highest BCUT2D eigenvalue weighted by Crippen LogP contribution is 1.84. The molecular weight excluding hydrogens is 148 g/mol. The van der Waals surface area contributed by atoms with Gasteiger partial charge in [0.05, 0.1) is 6.54 Å². The molecule has 0 bridgehead atoms. The maximum absolute atomic E-state index is 10.6. The summed E-state index contributed by atoms with van der Waals surface area (Å²) < 4.78 is 0. The molecule has 0 aliphatic carbocycles. The lowest BCUT2D eigenvalue weighted by Crippen LogP contribution is -2.32. The monoisotopic (exact) mass is 159 g/mol. The van der Waals surface area contributed by atoms with Crippen molar-refractivity contribution in [2.45, 2.75) is 13.8 Å². The summed E-state index contributed by atoms with van der Waals surface area (Å²) in [4.78, 5) is 25.0. The Hall–Kier alpha value is -1.26. The van der Waals surface area contributed by atoms with Crippen LogP contribution >= 0.6 is 0 Å². The summed E-state index contributed by atoms with van der Waals surface area (Å²) in [5.41, 5.74) is 0. The van der Waals surface area contributed by atoms with E-state index in [1.54, 1.807) is 13.8 Å². The van der Waals surface area contributed by atoms with E-state index in [-0.39, 0.29) is 0 Å². The molecule has 0 aromatic carbocycles. The maximum atomic E-state index is 10.6. The molecule has 0 aliphatic rings. The Labute approximate surface area is 65.3 Å². The zero-order valence-corrected chi connectivity index (χ0v) is 6.59. The van der Waals surface area contributed by atoms with E-state index in [2.05, 4.69) is 10.2 Å². The van der Waals surface area contributed by atoms with Crippen molar-refractivity contribution in [3.05, 3.63) is 0 Å². The molecule has 2 amide bonds. The van der Waals surface area contributed by atoms with Gasteiger partial charge in [0.2, 0.25) is 0 Å². The second-order valence-corrected chi connectivity index (χ2v) is 1.70. The van der Waals surface area contributed by atoms with Gasteiger partial charge in [-0.05, 0) is 13.8 Å². The number of hydrogen-bond acceptors (Lipinski definition) is 3. The predicted molar refractivity (Wildman–Crippen MR) is 38.2 cm³/mol. The van der Waals surface area contributed by atoms with Gasteiger partial charge in [0.15, 0.2) is 0 Å². The van der Waals surface area contributed by atoms with Gasteiger partial charge in [-0.2, -0.15) is 5.06 Å². The van der Waals surface area contributed by atoms with Crippen molar-refractivity contribution in [2.24, 2.45) is 0 Å². The van der Waals surface area contributed by atoms with Gasteiger partial charge >= 0.3 is 12.5 Å². The van der Waals surface area contributed by atoms with Gasteiger partial charge in [-0.15, -0.1) is 0 Å². The quantitative estimate of drug-likeness (QED) is 0.465. The van der Waals surface area contributed by atoms with Crippen LogP contribution in [0.15, 0.2) is 0 Å². The van der Waals surface area contributed by atoms with Crippen LogP contribution in [0, 0.1) is 0 Å². The number of carbonyl (C=O) groups is 1. The van der Waals surface area contributed by atoms with Crippen LogP contribution in [0.1, 0.15) is 13.8 Å². The fourth-order valence-electron chi connectivity index (χ4n) is 0.424. The van der Waals surface area contributed by atoms with Crippen molar-refractivity contribution in [1.29, 1.82) is 0 Å². The first-order valence-corrected chi connectivity index (χ1v) is 3.35. The van der Waals surface area contributed by atoms with Gasteiger partial charge in [0, 0.05) is 6.54 Å². The molecule has 0 spiro atoms. The lowest BCUT2D eigenvalue weighted by molar-refractivity contribution is -0.0333. The number of hydroxylamine groups is 2. The third-order valence-electron chi connectivity index (χ3n) is 0.903. The van der Waals surface area contributed by atoms with Gasteiger partial charge < -0.3 is 10.2 Å². The molecule has 5 nitrogen and oxygen atoms in total. The van der Waals surface area contributed by atoms with Gasteiger partial charge in [-0.25, -0.2) is 4.79 Å². The predicted octanol–water partition coefficient (Wildman–Crippen LogP) is 0.0366. The molecular formula is C6H11N2O3. The smallest absolute Gasteiger partial charge is 0.320 e. The number of carbonyl (C=O) groups excluding carboxylic acids is 2. The van der Waals surface area contributed by atoms with Crippen LogP contribution in [0.25, 0.3) is 0 Å². The van der Waals surface area contributed by atoms with Crippen LogP contribution in [-0.4, -0.2) is 30.7 Å². The molecule has 63 valence electrons. The average Bonchev–Trinajstić information content (AvgIpc) is 2.01. The van der Waals surface area contributed by atoms with E-state index >= 15 is 0 Å². The number of nitrogens with zero attached hydrogens (tertiary/aromatic N) is 1. The van der Waals surface area contributed by atoms with E-state index < -0.39 is 6.09 Å². The first kappa shape index (κ1) is 9.74. The van der Waals surface area contributed by atoms with Crippen LogP contribution in [0.3, 0.4) is 0 Å². The Bertz CT molecular complexity index is 138. The van der Waals surface area contributed by atoms with Crippen molar-refractivity contribution in [3.8, 4) is 0 Å². The molecule has 0 saturated carbocycles. The highest BCUT2D eigenvalue weighted by molar-refractivity contribution is 5.68. The summed E-state index contributed by atoms with van der Waals surface area (Å²) in [5, 5.41) is 3.15. The lowest BCUT2D eigenvalue weighted by Gasteiger charge is -2.11. The summed E-state index contributed by atoms with van der Waals surface area (Å²) in [5.74, 6) is 0. The number of rotatable bonds is 4. The molecule has 0 saturated heterocycles. The van der Waals surface area contributed by atoms with Crippen LogP contribution < -0.4 is 5.32 Å². The topological polar surface area (TPSA) is 58.6 Å². The number of hydrogen-bond donors (Lipinski definition) is 1. The average molecular weight is 159 g/mol. The molecule has 0 aromatic rings. The van der Waals surface area contributed by atoms with E-state index in [0.717, 1.165) is 5.06 Å². The Balaban J connectivity index is 3.62. The van der Waals surface area contributed by atoms with Crippen molar-refractivity contribution < 1.29 is 14.4 Å². The Morgan fingerprint density at radius 1 is 1.64 bits per heavy atom. The fraction of sp³-hybridized carbons (Fsp3) is 0.667. The summed E-state index contributed by atoms with van der Waals surface area (Å²) in [6.07, 6.45) is 0.800. The fourth-order valence-corrected chi connectivity index (χ4v) is 0.424. The third kappa shape index (κ3) is 4.19. The molecule has 5 heteroatoms. The largest absolute Gasteiger partial charge is 0.431 e. The summed E-state index contributed by atoms with van der Waals surface area (Å²) >= 11 is 0. The van der Waals surface area contributed by atoms with Crippen molar-refractivity contribution in [2.75, 3.05) is 13.1 Å². The van der Waals surface area contributed by atoms with E-state index in [1.165, 1.54) is 6.41 Å². The number of nitrogens with one attached hydrogen (secondary N) is 1. The van der Waals surface area contributed by atoms with Crippen LogP contribution in [0.2, 0.25) is 0 Å². The van der Waals surface area contributed by atoms with E-state index in [4.69, 9.17) is 0 Å². The van der Waals surface area contributed by atoms with Crippen molar-refractivity contribution >= 4 is 12.5 Å². The Kier molecular flexibility index (Phi) is 4.89.